The molecule has 0 amide bonds. The smallest absolute Gasteiger partial charge is 0.305 e. The number of piperidine rings is 1. The molecule has 1 aromatic rings. The fraction of sp³-hybridized carbons (Fsp3) is 0.688. The number of pyridine rings is 1. The zero-order valence-electron chi connectivity index (χ0n) is 14.3. The highest BCUT2D eigenvalue weighted by atomic mass is 32.5. The van der Waals surface area contributed by atoms with E-state index < -0.39 is 6.72 Å². The van der Waals surface area contributed by atoms with Crippen molar-refractivity contribution in [1.82, 2.24) is 10.0 Å². The monoisotopic (exact) mass is 358 g/mol. The number of nitrogens with zero attached hydrogens (tertiary/aromatic N) is 2. The fourth-order valence-electron chi connectivity index (χ4n) is 2.62. The number of aromatic nitrogens is 1. The van der Waals surface area contributed by atoms with Crippen LogP contribution in [-0.4, -0.2) is 28.8 Å². The number of hydrogen-bond acceptors (Lipinski definition) is 6. The van der Waals surface area contributed by atoms with Gasteiger partial charge in [0.25, 0.3) is 0 Å². The maximum atomic E-state index is 6.15. The summed E-state index contributed by atoms with van der Waals surface area (Å²) in [5.74, 6) is 0. The average Bonchev–Trinajstić information content (AvgIpc) is 2.46. The molecule has 1 atom stereocenters. The van der Waals surface area contributed by atoms with Crippen molar-refractivity contribution in [3.63, 3.8) is 0 Å². The molecule has 1 unspecified atom stereocenters. The van der Waals surface area contributed by atoms with Gasteiger partial charge in [0.15, 0.2) is 0 Å². The van der Waals surface area contributed by atoms with Crippen LogP contribution in [0.3, 0.4) is 0 Å². The molecule has 5 nitrogen and oxygen atoms in total. The van der Waals surface area contributed by atoms with E-state index in [4.69, 9.17) is 25.5 Å². The van der Waals surface area contributed by atoms with Gasteiger partial charge < -0.3 is 9.05 Å². The molecule has 1 aliphatic rings. The van der Waals surface area contributed by atoms with Crippen LogP contribution in [0.5, 0.6) is 0 Å². The molecular weight excluding hydrogens is 331 g/mol. The van der Waals surface area contributed by atoms with Crippen LogP contribution in [0, 0.1) is 0 Å². The zero-order chi connectivity index (χ0) is 16.9. The topological polar surface area (TPSA) is 43.8 Å². The molecule has 0 saturated carbocycles. The molecule has 0 radical (unpaired) electrons. The maximum absolute atomic E-state index is 6.15. The lowest BCUT2D eigenvalue weighted by Gasteiger charge is -2.38. The van der Waals surface area contributed by atoms with Crippen molar-refractivity contribution < 1.29 is 13.7 Å². The van der Waals surface area contributed by atoms with E-state index in [1.807, 2.05) is 45.0 Å². The van der Waals surface area contributed by atoms with Gasteiger partial charge in [-0.25, -0.2) is 4.62 Å². The Hall–Kier alpha value is -0.360. The Morgan fingerprint density at radius 2 is 1.91 bits per heavy atom. The SMILES string of the molecule is CC(C)OP(=S)(OC(C)C)ON1CCCCC1c1cccnc1. The first kappa shape index (κ1) is 19.0. The molecule has 1 aliphatic heterocycles. The molecule has 2 heterocycles. The Labute approximate surface area is 144 Å². The van der Waals surface area contributed by atoms with Gasteiger partial charge in [0.1, 0.15) is 0 Å². The van der Waals surface area contributed by atoms with E-state index in [0.717, 1.165) is 24.9 Å². The van der Waals surface area contributed by atoms with E-state index in [1.54, 1.807) is 6.20 Å². The Morgan fingerprint density at radius 3 is 2.48 bits per heavy atom. The van der Waals surface area contributed by atoms with Crippen molar-refractivity contribution in [2.45, 2.75) is 65.2 Å². The molecule has 0 bridgehead atoms. The second kappa shape index (κ2) is 8.65. The number of rotatable bonds is 7. The van der Waals surface area contributed by atoms with Crippen LogP contribution in [0.25, 0.3) is 0 Å². The van der Waals surface area contributed by atoms with E-state index in [2.05, 4.69) is 11.1 Å². The second-order valence-corrected chi connectivity index (χ2v) is 9.10. The highest BCUT2D eigenvalue weighted by Gasteiger charge is 2.33. The Balaban J connectivity index is 2.17. The van der Waals surface area contributed by atoms with E-state index >= 15 is 0 Å². The van der Waals surface area contributed by atoms with Crippen molar-refractivity contribution in [1.29, 1.82) is 0 Å². The van der Waals surface area contributed by atoms with Gasteiger partial charge in [-0.2, -0.15) is 5.06 Å². The largest absolute Gasteiger partial charge is 0.344 e. The highest BCUT2D eigenvalue weighted by Crippen LogP contribution is 2.54. The normalized spacial score (nSPS) is 20.3. The standard InChI is InChI=1S/C16H27N2O3PS/c1-13(2)19-22(23,20-14(3)4)21-18-11-6-5-9-16(18)15-8-7-10-17-12-15/h7-8,10,12-14,16H,5-6,9,11H2,1-4H3. The summed E-state index contributed by atoms with van der Waals surface area (Å²) in [7, 11) is 0. The minimum Gasteiger partial charge on any atom is -0.305 e. The summed E-state index contributed by atoms with van der Waals surface area (Å²) in [4.78, 5) is 4.23. The number of hydroxylamine groups is 2. The first-order valence-electron chi connectivity index (χ1n) is 8.23. The van der Waals surface area contributed by atoms with Gasteiger partial charge in [0.05, 0.1) is 18.2 Å². The third-order valence-corrected chi connectivity index (χ3v) is 5.89. The Kier molecular flexibility index (Phi) is 7.14. The third-order valence-electron chi connectivity index (χ3n) is 3.41. The van der Waals surface area contributed by atoms with Crippen LogP contribution >= 0.6 is 6.72 Å². The fourth-order valence-corrected chi connectivity index (χ4v) is 5.52. The molecule has 1 aromatic heterocycles. The molecule has 0 spiro atoms. The van der Waals surface area contributed by atoms with Crippen molar-refractivity contribution in [2.24, 2.45) is 0 Å². The van der Waals surface area contributed by atoms with Gasteiger partial charge in [0.2, 0.25) is 0 Å². The molecule has 1 fully saturated rings. The Morgan fingerprint density at radius 1 is 1.22 bits per heavy atom. The molecule has 2 rings (SSSR count). The van der Waals surface area contributed by atoms with Crippen molar-refractivity contribution in [2.75, 3.05) is 6.54 Å². The third kappa shape index (κ3) is 5.89. The first-order chi connectivity index (χ1) is 10.9. The van der Waals surface area contributed by atoms with Gasteiger partial charge >= 0.3 is 6.72 Å². The minimum absolute atomic E-state index is 0.0405. The van der Waals surface area contributed by atoms with Gasteiger partial charge in [-0.3, -0.25) is 4.98 Å². The Bertz CT molecular complexity index is 513. The second-order valence-electron chi connectivity index (χ2n) is 6.28. The summed E-state index contributed by atoms with van der Waals surface area (Å²) in [6.45, 7) is 5.79. The van der Waals surface area contributed by atoms with E-state index in [9.17, 15) is 0 Å². The van der Waals surface area contributed by atoms with E-state index in [-0.39, 0.29) is 18.2 Å². The molecule has 130 valence electrons. The first-order valence-corrected chi connectivity index (χ1v) is 10.8. The highest BCUT2D eigenvalue weighted by molar-refractivity contribution is 8.07. The molecular formula is C16H27N2O3PS. The van der Waals surface area contributed by atoms with Crippen LogP contribution in [0.15, 0.2) is 24.5 Å². The molecule has 0 N–H and O–H groups in total. The summed E-state index contributed by atoms with van der Waals surface area (Å²) >= 11 is 5.63. The summed E-state index contributed by atoms with van der Waals surface area (Å²) in [6.07, 6.45) is 6.86. The lowest BCUT2D eigenvalue weighted by molar-refractivity contribution is -0.132. The lowest BCUT2D eigenvalue weighted by Crippen LogP contribution is -2.33. The number of hydrogen-bond donors (Lipinski definition) is 0. The van der Waals surface area contributed by atoms with E-state index in [1.165, 1.54) is 6.42 Å². The summed E-state index contributed by atoms with van der Waals surface area (Å²) < 4.78 is 17.9. The van der Waals surface area contributed by atoms with E-state index in [0.29, 0.717) is 0 Å². The van der Waals surface area contributed by atoms with Crippen molar-refractivity contribution in [3.8, 4) is 0 Å². The van der Waals surface area contributed by atoms with Gasteiger partial charge in [-0.1, -0.05) is 12.5 Å². The summed E-state index contributed by atoms with van der Waals surface area (Å²) in [6, 6.07) is 4.18. The average molecular weight is 358 g/mol. The van der Waals surface area contributed by atoms with Crippen LogP contribution in [-0.2, 0) is 25.5 Å². The summed E-state index contributed by atoms with van der Waals surface area (Å²) in [5.41, 5.74) is 1.14. The van der Waals surface area contributed by atoms with Crippen LogP contribution in [0.1, 0.15) is 58.6 Å². The molecule has 23 heavy (non-hydrogen) atoms. The lowest BCUT2D eigenvalue weighted by atomic mass is 9.99. The van der Waals surface area contributed by atoms with Crippen molar-refractivity contribution in [3.05, 3.63) is 30.1 Å². The quantitative estimate of drug-likeness (QED) is 0.663. The van der Waals surface area contributed by atoms with Crippen LogP contribution < -0.4 is 0 Å². The zero-order valence-corrected chi connectivity index (χ0v) is 16.1. The predicted molar refractivity (Wildman–Crippen MR) is 95.3 cm³/mol. The van der Waals surface area contributed by atoms with Crippen LogP contribution in [0.4, 0.5) is 0 Å². The minimum atomic E-state index is -2.82. The van der Waals surface area contributed by atoms with Crippen LogP contribution in [0.2, 0.25) is 0 Å². The predicted octanol–water partition coefficient (Wildman–Crippen LogP) is 4.61. The van der Waals surface area contributed by atoms with Gasteiger partial charge in [-0.15, -0.1) is 0 Å². The summed E-state index contributed by atoms with van der Waals surface area (Å²) in [5, 5.41) is 1.95. The van der Waals surface area contributed by atoms with Gasteiger partial charge in [-0.05, 0) is 64.0 Å². The van der Waals surface area contributed by atoms with Crippen molar-refractivity contribution >= 4 is 18.5 Å². The maximum Gasteiger partial charge on any atom is 0.344 e. The molecule has 1 saturated heterocycles. The van der Waals surface area contributed by atoms with Gasteiger partial charge in [0, 0.05) is 18.9 Å². The molecule has 0 aromatic carbocycles. The molecule has 0 aliphatic carbocycles. The molecule has 7 heteroatoms.